The molecule has 0 fully saturated rings. The molecule has 1 aromatic heterocycles. The number of nitrogens with zero attached hydrogens (tertiary/aromatic N) is 1. The van der Waals surface area contributed by atoms with Gasteiger partial charge in [0.15, 0.2) is 0 Å². The summed E-state index contributed by atoms with van der Waals surface area (Å²) in [4.78, 5) is 4.42. The lowest BCUT2D eigenvalue weighted by Crippen LogP contribution is -2.16. The summed E-state index contributed by atoms with van der Waals surface area (Å²) >= 11 is 0. The summed E-state index contributed by atoms with van der Waals surface area (Å²) in [5.74, 6) is 2.25. The van der Waals surface area contributed by atoms with Gasteiger partial charge in [-0.2, -0.15) is 0 Å². The summed E-state index contributed by atoms with van der Waals surface area (Å²) in [5.41, 5.74) is 2.23. The Balaban J connectivity index is 1.76. The maximum atomic E-state index is 13.0. The Morgan fingerprint density at radius 1 is 0.871 bits per heavy atom. The quantitative estimate of drug-likeness (QED) is 0.441. The summed E-state index contributed by atoms with van der Waals surface area (Å²) in [6, 6.07) is 15.4. The predicted molar refractivity (Wildman–Crippen MR) is 119 cm³/mol. The number of aromatic nitrogens is 1. The molecule has 0 aliphatic carbocycles. The topological polar surface area (TPSA) is 92.1 Å². The molecule has 0 radical (unpaired) electrons. The largest absolute Gasteiger partial charge is 0.497 e. The number of anilines is 1. The second-order valence-corrected chi connectivity index (χ2v) is 8.82. The summed E-state index contributed by atoms with van der Waals surface area (Å²) in [7, 11) is 2.30. The lowest BCUT2D eigenvalue weighted by atomic mass is 10.1. The second-order valence-electron chi connectivity index (χ2n) is 6.67. The van der Waals surface area contributed by atoms with Gasteiger partial charge in [-0.1, -0.05) is 24.3 Å². The molecule has 31 heavy (non-hydrogen) atoms. The highest BCUT2D eigenvalue weighted by atomic mass is 31.2. The van der Waals surface area contributed by atoms with Crippen molar-refractivity contribution in [3.05, 3.63) is 65.5 Å². The van der Waals surface area contributed by atoms with Crippen molar-refractivity contribution >= 4 is 18.9 Å². The van der Waals surface area contributed by atoms with Gasteiger partial charge in [0.05, 0.1) is 14.2 Å². The number of benzene rings is 2. The fourth-order valence-corrected chi connectivity index (χ4v) is 4.11. The molecule has 1 N–H and O–H groups in total. The fourth-order valence-electron chi connectivity index (χ4n) is 3.01. The molecule has 3 rings (SSSR count). The van der Waals surface area contributed by atoms with Crippen LogP contribution in [0.25, 0.3) is 0 Å². The molecule has 1 heterocycles. The molecular formula is C22H27N2O6P. The lowest BCUT2D eigenvalue weighted by Gasteiger charge is -2.12. The van der Waals surface area contributed by atoms with Crippen molar-refractivity contribution in [1.82, 2.24) is 4.98 Å². The van der Waals surface area contributed by atoms with Crippen LogP contribution in [0.15, 0.2) is 52.9 Å². The van der Waals surface area contributed by atoms with Gasteiger partial charge in [-0.15, -0.1) is 0 Å². The van der Waals surface area contributed by atoms with Gasteiger partial charge in [-0.25, -0.2) is 4.98 Å². The molecule has 8 nitrogen and oxygen atoms in total. The molecule has 166 valence electrons. The highest BCUT2D eigenvalue weighted by Gasteiger charge is 2.34. The van der Waals surface area contributed by atoms with E-state index in [0.29, 0.717) is 18.9 Å². The minimum atomic E-state index is -3.59. The Morgan fingerprint density at radius 2 is 1.42 bits per heavy atom. The Labute approximate surface area is 182 Å². The monoisotopic (exact) mass is 446 g/mol. The number of hydrogen-bond acceptors (Lipinski definition) is 8. The SMILES string of the molecule is COc1ccc(CCNc2oc(Cc3ccc(OC)cc3)nc2P(=O)(OC)OC)cc1. The molecule has 0 amide bonds. The number of oxazole rings is 1. The molecule has 0 saturated heterocycles. The van der Waals surface area contributed by atoms with E-state index in [9.17, 15) is 4.57 Å². The average molecular weight is 446 g/mol. The average Bonchev–Trinajstić information content (AvgIpc) is 3.22. The molecule has 9 heteroatoms. The van der Waals surface area contributed by atoms with Crippen molar-refractivity contribution in [3.8, 4) is 11.5 Å². The molecular weight excluding hydrogens is 419 g/mol. The molecule has 0 atom stereocenters. The third kappa shape index (κ3) is 5.67. The molecule has 0 bridgehead atoms. The van der Waals surface area contributed by atoms with Crippen LogP contribution in [0.1, 0.15) is 17.0 Å². The first-order valence-electron chi connectivity index (χ1n) is 9.72. The van der Waals surface area contributed by atoms with E-state index in [1.54, 1.807) is 14.2 Å². The first-order valence-corrected chi connectivity index (χ1v) is 11.3. The molecule has 0 saturated carbocycles. The van der Waals surface area contributed by atoms with E-state index in [-0.39, 0.29) is 11.3 Å². The normalized spacial score (nSPS) is 11.4. The highest BCUT2D eigenvalue weighted by Crippen LogP contribution is 2.47. The van der Waals surface area contributed by atoms with E-state index in [0.717, 1.165) is 29.0 Å². The third-order valence-electron chi connectivity index (χ3n) is 4.77. The maximum Gasteiger partial charge on any atom is 0.384 e. The van der Waals surface area contributed by atoms with Gasteiger partial charge in [0.1, 0.15) is 11.5 Å². The minimum Gasteiger partial charge on any atom is -0.497 e. The zero-order chi connectivity index (χ0) is 22.3. The predicted octanol–water partition coefficient (Wildman–Crippen LogP) is 4.05. The number of ether oxygens (including phenoxy) is 2. The van der Waals surface area contributed by atoms with Crippen LogP contribution in [-0.4, -0.2) is 40.0 Å². The number of nitrogens with one attached hydrogen (secondary N) is 1. The minimum absolute atomic E-state index is 0.135. The van der Waals surface area contributed by atoms with E-state index < -0.39 is 7.60 Å². The van der Waals surface area contributed by atoms with Crippen molar-refractivity contribution in [2.24, 2.45) is 0 Å². The van der Waals surface area contributed by atoms with Crippen molar-refractivity contribution < 1.29 is 27.5 Å². The van der Waals surface area contributed by atoms with Gasteiger partial charge in [-0.3, -0.25) is 4.57 Å². The van der Waals surface area contributed by atoms with E-state index in [1.807, 2.05) is 48.5 Å². The molecule has 3 aromatic rings. The molecule has 0 unspecified atom stereocenters. The zero-order valence-electron chi connectivity index (χ0n) is 18.1. The Hall–Kier alpha value is -2.80. The molecule has 2 aromatic carbocycles. The molecule has 0 aliphatic rings. The van der Waals surface area contributed by atoms with E-state index >= 15 is 0 Å². The number of methoxy groups -OCH3 is 2. The van der Waals surface area contributed by atoms with Crippen LogP contribution in [0, 0.1) is 0 Å². The van der Waals surface area contributed by atoms with E-state index in [2.05, 4.69) is 10.3 Å². The van der Waals surface area contributed by atoms with Gasteiger partial charge >= 0.3 is 7.60 Å². The van der Waals surface area contributed by atoms with Gasteiger partial charge in [0.25, 0.3) is 0 Å². The van der Waals surface area contributed by atoms with Crippen LogP contribution in [-0.2, 0) is 26.5 Å². The van der Waals surface area contributed by atoms with Crippen LogP contribution >= 0.6 is 7.60 Å². The van der Waals surface area contributed by atoms with Crippen LogP contribution in [0.2, 0.25) is 0 Å². The Bertz CT molecular complexity index is 1010. The Morgan fingerprint density at radius 3 is 1.94 bits per heavy atom. The standard InChI is InChI=1S/C22H27N2O6P/c1-26-18-9-5-16(6-10-18)13-14-23-21-22(31(25,28-3)29-4)24-20(30-21)15-17-7-11-19(27-2)12-8-17/h5-12,23H,13-15H2,1-4H3. The van der Waals surface area contributed by atoms with E-state index in [1.165, 1.54) is 14.2 Å². The van der Waals surface area contributed by atoms with E-state index in [4.69, 9.17) is 22.9 Å². The summed E-state index contributed by atoms with van der Waals surface area (Å²) in [6.07, 6.45) is 1.15. The molecule has 0 aliphatic heterocycles. The lowest BCUT2D eigenvalue weighted by molar-refractivity contribution is 0.286. The smallest absolute Gasteiger partial charge is 0.384 e. The number of rotatable bonds is 11. The third-order valence-corrected chi connectivity index (χ3v) is 6.55. The number of hydrogen-bond donors (Lipinski definition) is 1. The van der Waals surface area contributed by atoms with Crippen molar-refractivity contribution in [2.75, 3.05) is 40.3 Å². The fraction of sp³-hybridized carbons (Fsp3) is 0.318. The van der Waals surface area contributed by atoms with Crippen LogP contribution in [0.3, 0.4) is 0 Å². The summed E-state index contributed by atoms with van der Waals surface area (Å²) < 4.78 is 39.5. The maximum absolute atomic E-state index is 13.0. The molecule has 0 spiro atoms. The summed E-state index contributed by atoms with van der Waals surface area (Å²) in [6.45, 7) is 0.546. The second kappa shape index (κ2) is 10.5. The highest BCUT2D eigenvalue weighted by molar-refractivity contribution is 7.62. The van der Waals surface area contributed by atoms with Gasteiger partial charge < -0.3 is 28.3 Å². The van der Waals surface area contributed by atoms with Gasteiger partial charge in [0, 0.05) is 27.2 Å². The first kappa shape index (κ1) is 22.9. The van der Waals surface area contributed by atoms with Crippen molar-refractivity contribution in [3.63, 3.8) is 0 Å². The Kier molecular flexibility index (Phi) is 7.74. The van der Waals surface area contributed by atoms with Crippen molar-refractivity contribution in [2.45, 2.75) is 12.8 Å². The van der Waals surface area contributed by atoms with Gasteiger partial charge in [0.2, 0.25) is 17.2 Å². The van der Waals surface area contributed by atoms with Gasteiger partial charge in [-0.05, 0) is 41.8 Å². The summed E-state index contributed by atoms with van der Waals surface area (Å²) in [5, 5.41) is 3.18. The van der Waals surface area contributed by atoms with Crippen LogP contribution < -0.4 is 20.2 Å². The zero-order valence-corrected chi connectivity index (χ0v) is 19.0. The van der Waals surface area contributed by atoms with Crippen molar-refractivity contribution in [1.29, 1.82) is 0 Å². The van der Waals surface area contributed by atoms with Crippen LogP contribution in [0.5, 0.6) is 11.5 Å². The van der Waals surface area contributed by atoms with Crippen LogP contribution in [0.4, 0.5) is 5.88 Å². The first-order chi connectivity index (χ1) is 15.0.